The van der Waals surface area contributed by atoms with Crippen LogP contribution in [0.4, 0.5) is 5.82 Å². The number of anilines is 1. The smallest absolute Gasteiger partial charge is 0.129 e. The van der Waals surface area contributed by atoms with E-state index in [0.29, 0.717) is 11.0 Å². The molecule has 1 aromatic heterocycles. The summed E-state index contributed by atoms with van der Waals surface area (Å²) in [4.78, 5) is 7.16. The second-order valence-electron chi connectivity index (χ2n) is 4.10. The molecule has 88 valence electrons. The summed E-state index contributed by atoms with van der Waals surface area (Å²) in [5, 5.41) is 0. The largest absolute Gasteiger partial charge is 0.389 e. The molecule has 0 unspecified atom stereocenters. The summed E-state index contributed by atoms with van der Waals surface area (Å²) in [5.41, 5.74) is 7.48. The summed E-state index contributed by atoms with van der Waals surface area (Å²) < 4.78 is 0. The van der Waals surface area contributed by atoms with Crippen LogP contribution in [0.25, 0.3) is 0 Å². The third kappa shape index (κ3) is 2.92. The van der Waals surface area contributed by atoms with Gasteiger partial charge in [0.05, 0.1) is 0 Å². The highest BCUT2D eigenvalue weighted by atomic mass is 32.1. The Morgan fingerprint density at radius 2 is 2.12 bits per heavy atom. The van der Waals surface area contributed by atoms with Crippen LogP contribution < -0.4 is 10.6 Å². The first-order valence-electron chi connectivity index (χ1n) is 5.50. The van der Waals surface area contributed by atoms with Crippen molar-refractivity contribution in [3.05, 3.63) is 23.4 Å². The van der Waals surface area contributed by atoms with Gasteiger partial charge in [-0.3, -0.25) is 0 Å². The van der Waals surface area contributed by atoms with E-state index >= 15 is 0 Å². The van der Waals surface area contributed by atoms with E-state index in [2.05, 4.69) is 30.7 Å². The number of hydrogen-bond acceptors (Lipinski definition) is 3. The molecule has 0 atom stereocenters. The van der Waals surface area contributed by atoms with E-state index < -0.39 is 0 Å². The Morgan fingerprint density at radius 1 is 1.50 bits per heavy atom. The van der Waals surface area contributed by atoms with E-state index in [-0.39, 0.29) is 0 Å². The SMILES string of the molecule is CCN(c1cc(C(N)=S)cc(C)n1)C(C)C. The maximum Gasteiger partial charge on any atom is 0.129 e. The van der Waals surface area contributed by atoms with Gasteiger partial charge in [0, 0.05) is 23.8 Å². The fourth-order valence-electron chi connectivity index (χ4n) is 1.73. The number of pyridine rings is 1. The van der Waals surface area contributed by atoms with Crippen molar-refractivity contribution >= 4 is 23.0 Å². The zero-order chi connectivity index (χ0) is 12.3. The van der Waals surface area contributed by atoms with Crippen LogP contribution in [0, 0.1) is 6.92 Å². The van der Waals surface area contributed by atoms with E-state index in [1.165, 1.54) is 0 Å². The predicted octanol–water partition coefficient (Wildman–Crippen LogP) is 2.26. The second-order valence-corrected chi connectivity index (χ2v) is 4.54. The maximum absolute atomic E-state index is 5.65. The number of aryl methyl sites for hydroxylation is 1. The Kier molecular flexibility index (Phi) is 4.24. The number of hydrogen-bond donors (Lipinski definition) is 1. The summed E-state index contributed by atoms with van der Waals surface area (Å²) in [6.07, 6.45) is 0. The fourth-order valence-corrected chi connectivity index (χ4v) is 1.85. The molecule has 0 aliphatic carbocycles. The van der Waals surface area contributed by atoms with E-state index in [0.717, 1.165) is 23.6 Å². The molecule has 0 aliphatic heterocycles. The van der Waals surface area contributed by atoms with Crippen LogP contribution in [0.2, 0.25) is 0 Å². The molecule has 0 fully saturated rings. The summed E-state index contributed by atoms with van der Waals surface area (Å²) >= 11 is 5.00. The molecule has 0 radical (unpaired) electrons. The third-order valence-electron chi connectivity index (χ3n) is 2.48. The lowest BCUT2D eigenvalue weighted by Gasteiger charge is -2.27. The predicted molar refractivity (Wildman–Crippen MR) is 73.0 cm³/mol. The lowest BCUT2D eigenvalue weighted by atomic mass is 10.2. The molecule has 0 saturated heterocycles. The van der Waals surface area contributed by atoms with E-state index in [9.17, 15) is 0 Å². The lowest BCUT2D eigenvalue weighted by Crippen LogP contribution is -2.31. The van der Waals surface area contributed by atoms with Gasteiger partial charge in [0.1, 0.15) is 10.8 Å². The molecule has 1 heterocycles. The Hall–Kier alpha value is -1.16. The monoisotopic (exact) mass is 237 g/mol. The average molecular weight is 237 g/mol. The molecule has 1 aromatic rings. The summed E-state index contributed by atoms with van der Waals surface area (Å²) in [6, 6.07) is 4.29. The van der Waals surface area contributed by atoms with Gasteiger partial charge in [-0.15, -0.1) is 0 Å². The first-order valence-corrected chi connectivity index (χ1v) is 5.91. The van der Waals surface area contributed by atoms with Crippen LogP contribution in [-0.2, 0) is 0 Å². The number of rotatable bonds is 4. The van der Waals surface area contributed by atoms with Gasteiger partial charge in [-0.25, -0.2) is 4.98 Å². The molecule has 0 aromatic carbocycles. The molecule has 0 amide bonds. The van der Waals surface area contributed by atoms with E-state index in [1.54, 1.807) is 0 Å². The minimum Gasteiger partial charge on any atom is -0.389 e. The quantitative estimate of drug-likeness (QED) is 0.816. The van der Waals surface area contributed by atoms with Gasteiger partial charge >= 0.3 is 0 Å². The lowest BCUT2D eigenvalue weighted by molar-refractivity contribution is 0.692. The molecular weight excluding hydrogens is 218 g/mol. The molecule has 4 heteroatoms. The van der Waals surface area contributed by atoms with E-state index in [1.807, 2.05) is 19.1 Å². The van der Waals surface area contributed by atoms with Gasteiger partial charge in [0.2, 0.25) is 0 Å². The molecule has 0 saturated carbocycles. The summed E-state index contributed by atoms with van der Waals surface area (Å²) in [7, 11) is 0. The third-order valence-corrected chi connectivity index (χ3v) is 2.72. The van der Waals surface area contributed by atoms with Crippen molar-refractivity contribution in [3.63, 3.8) is 0 Å². The van der Waals surface area contributed by atoms with Crippen LogP contribution in [0.5, 0.6) is 0 Å². The van der Waals surface area contributed by atoms with Crippen LogP contribution >= 0.6 is 12.2 Å². The first-order chi connectivity index (χ1) is 7.45. The van der Waals surface area contributed by atoms with Gasteiger partial charge in [-0.1, -0.05) is 12.2 Å². The Balaban J connectivity index is 3.17. The van der Waals surface area contributed by atoms with Crippen molar-refractivity contribution in [2.24, 2.45) is 5.73 Å². The second kappa shape index (κ2) is 5.25. The number of nitrogens with zero attached hydrogens (tertiary/aromatic N) is 2. The molecule has 16 heavy (non-hydrogen) atoms. The minimum atomic E-state index is 0.415. The van der Waals surface area contributed by atoms with Gasteiger partial charge in [-0.05, 0) is 39.8 Å². The zero-order valence-corrected chi connectivity index (χ0v) is 11.1. The molecule has 2 N–H and O–H groups in total. The first kappa shape index (κ1) is 12.9. The van der Waals surface area contributed by atoms with Crippen LogP contribution in [0.1, 0.15) is 32.0 Å². The Labute approximate surface area is 103 Å². The van der Waals surface area contributed by atoms with Crippen molar-refractivity contribution in [2.45, 2.75) is 33.7 Å². The molecular formula is C12H19N3S. The van der Waals surface area contributed by atoms with Gasteiger partial charge in [0.15, 0.2) is 0 Å². The van der Waals surface area contributed by atoms with E-state index in [4.69, 9.17) is 18.0 Å². The van der Waals surface area contributed by atoms with Crippen molar-refractivity contribution in [2.75, 3.05) is 11.4 Å². The van der Waals surface area contributed by atoms with Crippen molar-refractivity contribution in [3.8, 4) is 0 Å². The number of thiocarbonyl (C=S) groups is 1. The summed E-state index contributed by atoms with van der Waals surface area (Å²) in [5.74, 6) is 0.945. The Bertz CT molecular complexity index is 388. The van der Waals surface area contributed by atoms with Crippen molar-refractivity contribution < 1.29 is 0 Å². The highest BCUT2D eigenvalue weighted by Crippen LogP contribution is 2.17. The molecule has 0 spiro atoms. The van der Waals surface area contributed by atoms with Crippen molar-refractivity contribution in [1.82, 2.24) is 4.98 Å². The number of nitrogens with two attached hydrogens (primary N) is 1. The van der Waals surface area contributed by atoms with Gasteiger partial charge in [-0.2, -0.15) is 0 Å². The molecule has 0 aliphatic rings. The highest BCUT2D eigenvalue weighted by molar-refractivity contribution is 7.80. The van der Waals surface area contributed by atoms with Crippen LogP contribution in [0.3, 0.4) is 0 Å². The van der Waals surface area contributed by atoms with Gasteiger partial charge in [0.25, 0.3) is 0 Å². The normalized spacial score (nSPS) is 10.6. The molecule has 1 rings (SSSR count). The topological polar surface area (TPSA) is 42.1 Å². The minimum absolute atomic E-state index is 0.415. The van der Waals surface area contributed by atoms with Crippen LogP contribution in [-0.4, -0.2) is 22.6 Å². The fraction of sp³-hybridized carbons (Fsp3) is 0.500. The Morgan fingerprint density at radius 3 is 2.56 bits per heavy atom. The van der Waals surface area contributed by atoms with Gasteiger partial charge < -0.3 is 10.6 Å². The van der Waals surface area contributed by atoms with Crippen molar-refractivity contribution in [1.29, 1.82) is 0 Å². The molecule has 3 nitrogen and oxygen atoms in total. The maximum atomic E-state index is 5.65. The molecule has 0 bridgehead atoms. The number of aromatic nitrogens is 1. The average Bonchev–Trinajstić information content (AvgIpc) is 2.17. The standard InChI is InChI=1S/C12H19N3S/c1-5-15(8(2)3)11-7-10(12(13)16)6-9(4)14-11/h6-8H,5H2,1-4H3,(H2,13,16). The van der Waals surface area contributed by atoms with Crippen LogP contribution in [0.15, 0.2) is 12.1 Å². The zero-order valence-electron chi connectivity index (χ0n) is 10.3. The summed E-state index contributed by atoms with van der Waals surface area (Å²) in [6.45, 7) is 9.29. The highest BCUT2D eigenvalue weighted by Gasteiger charge is 2.11.